The molecule has 1 N–H and O–H groups in total. The zero-order valence-corrected chi connectivity index (χ0v) is 9.25. The molecule has 0 unspecified atom stereocenters. The first-order valence-electron chi connectivity index (χ1n) is 4.70. The van der Waals surface area contributed by atoms with E-state index in [-0.39, 0.29) is 0 Å². The summed E-state index contributed by atoms with van der Waals surface area (Å²) in [5.74, 6) is 1.06. The van der Waals surface area contributed by atoms with Crippen molar-refractivity contribution >= 4 is 0 Å². The Labute approximate surface area is 89.4 Å². The largest absolute Gasteiger partial charge is 0.338 e. The standard InChI is InChI=1S/C6H8NO.C5H8N2/c1-6-2-4-7(8)5-3-6;1-5-6-3-4-7(5)2/h2-5,8H,1H3;3-4H,1-2H3/q+1;. The van der Waals surface area contributed by atoms with Gasteiger partial charge in [0, 0.05) is 36.3 Å². The van der Waals surface area contributed by atoms with E-state index in [1.165, 1.54) is 0 Å². The zero-order valence-electron chi connectivity index (χ0n) is 9.25. The normalized spacial score (nSPS) is 9.27. The van der Waals surface area contributed by atoms with E-state index >= 15 is 0 Å². The van der Waals surface area contributed by atoms with E-state index in [1.54, 1.807) is 18.6 Å². The third kappa shape index (κ3) is 3.81. The lowest BCUT2D eigenvalue weighted by molar-refractivity contribution is -0.904. The molecule has 0 spiro atoms. The number of imidazole rings is 1. The molecule has 4 nitrogen and oxygen atoms in total. The highest BCUT2D eigenvalue weighted by atomic mass is 16.5. The van der Waals surface area contributed by atoms with Crippen LogP contribution in [0.1, 0.15) is 11.4 Å². The Morgan fingerprint density at radius 1 is 1.27 bits per heavy atom. The molecule has 0 bridgehead atoms. The van der Waals surface area contributed by atoms with E-state index in [9.17, 15) is 0 Å². The summed E-state index contributed by atoms with van der Waals surface area (Å²) in [7, 11) is 1.97. The Hall–Kier alpha value is -1.84. The van der Waals surface area contributed by atoms with Crippen molar-refractivity contribution in [2.45, 2.75) is 13.8 Å². The first kappa shape index (κ1) is 11.2. The van der Waals surface area contributed by atoms with Crippen LogP contribution in [-0.2, 0) is 7.05 Å². The van der Waals surface area contributed by atoms with Crippen molar-refractivity contribution in [1.29, 1.82) is 0 Å². The second kappa shape index (κ2) is 5.14. The van der Waals surface area contributed by atoms with Crippen molar-refractivity contribution < 1.29 is 9.94 Å². The Morgan fingerprint density at radius 3 is 2.13 bits per heavy atom. The van der Waals surface area contributed by atoms with Crippen molar-refractivity contribution in [1.82, 2.24) is 9.55 Å². The maximum absolute atomic E-state index is 8.67. The number of hydrogen-bond donors (Lipinski definition) is 1. The third-order valence-corrected chi connectivity index (χ3v) is 2.04. The second-order valence-electron chi connectivity index (χ2n) is 3.34. The minimum atomic E-state index is 1.02. The van der Waals surface area contributed by atoms with Gasteiger partial charge in [0.1, 0.15) is 5.82 Å². The van der Waals surface area contributed by atoms with Gasteiger partial charge in [0.2, 0.25) is 12.4 Å². The smallest absolute Gasteiger partial charge is 0.222 e. The van der Waals surface area contributed by atoms with Gasteiger partial charge >= 0.3 is 0 Å². The van der Waals surface area contributed by atoms with E-state index in [2.05, 4.69) is 4.98 Å². The van der Waals surface area contributed by atoms with Gasteiger partial charge in [-0.3, -0.25) is 5.21 Å². The Kier molecular flexibility index (Phi) is 3.85. The summed E-state index contributed by atoms with van der Waals surface area (Å²) in [6, 6.07) is 3.67. The number of aromatic nitrogens is 3. The van der Waals surface area contributed by atoms with Crippen LogP contribution in [0.25, 0.3) is 0 Å². The fourth-order valence-electron chi connectivity index (χ4n) is 0.933. The van der Waals surface area contributed by atoms with Crippen LogP contribution in [0.4, 0.5) is 0 Å². The molecule has 0 saturated heterocycles. The molecule has 2 aromatic heterocycles. The molecular formula is C11H16N3O+. The lowest BCUT2D eigenvalue weighted by Gasteiger charge is -1.87. The summed E-state index contributed by atoms with van der Waals surface area (Å²) in [5, 5.41) is 8.67. The molecule has 0 aliphatic rings. The lowest BCUT2D eigenvalue weighted by atomic mass is 10.3. The van der Waals surface area contributed by atoms with E-state index < -0.39 is 0 Å². The van der Waals surface area contributed by atoms with E-state index in [4.69, 9.17) is 5.21 Å². The van der Waals surface area contributed by atoms with Gasteiger partial charge in [0.05, 0.1) is 0 Å². The van der Waals surface area contributed by atoms with Gasteiger partial charge in [-0.05, 0) is 19.4 Å². The van der Waals surface area contributed by atoms with E-state index in [0.717, 1.165) is 16.1 Å². The molecule has 0 fully saturated rings. The summed E-state index contributed by atoms with van der Waals surface area (Å²) < 4.78 is 2.99. The Bertz CT molecular complexity index is 369. The van der Waals surface area contributed by atoms with Gasteiger partial charge in [-0.25, -0.2) is 4.98 Å². The molecule has 2 aromatic rings. The fourth-order valence-corrected chi connectivity index (χ4v) is 0.933. The summed E-state index contributed by atoms with van der Waals surface area (Å²) in [5.41, 5.74) is 1.15. The fraction of sp³-hybridized carbons (Fsp3) is 0.273. The van der Waals surface area contributed by atoms with Crippen LogP contribution in [0.5, 0.6) is 0 Å². The molecule has 0 radical (unpaired) electrons. The molecule has 15 heavy (non-hydrogen) atoms. The highest BCUT2D eigenvalue weighted by Crippen LogP contribution is 1.87. The van der Waals surface area contributed by atoms with Crippen LogP contribution in [-0.4, -0.2) is 14.8 Å². The van der Waals surface area contributed by atoms with Gasteiger partial charge in [0.15, 0.2) is 0 Å². The first-order valence-corrected chi connectivity index (χ1v) is 4.70. The third-order valence-electron chi connectivity index (χ3n) is 2.04. The van der Waals surface area contributed by atoms with Crippen molar-refractivity contribution in [3.8, 4) is 0 Å². The number of nitrogens with zero attached hydrogens (tertiary/aromatic N) is 3. The molecule has 0 aliphatic carbocycles. The molecular weight excluding hydrogens is 190 g/mol. The molecule has 0 saturated carbocycles. The van der Waals surface area contributed by atoms with Crippen LogP contribution >= 0.6 is 0 Å². The van der Waals surface area contributed by atoms with Crippen molar-refractivity contribution in [3.63, 3.8) is 0 Å². The quantitative estimate of drug-likeness (QED) is 0.520. The minimum Gasteiger partial charge on any atom is -0.338 e. The highest BCUT2D eigenvalue weighted by Gasteiger charge is 1.89. The van der Waals surface area contributed by atoms with E-state index in [1.807, 2.05) is 43.8 Å². The van der Waals surface area contributed by atoms with Crippen LogP contribution in [0.2, 0.25) is 0 Å². The van der Waals surface area contributed by atoms with Gasteiger partial charge in [-0.1, -0.05) is 0 Å². The monoisotopic (exact) mass is 206 g/mol. The summed E-state index contributed by atoms with van der Waals surface area (Å²) in [4.78, 5) is 3.98. The van der Waals surface area contributed by atoms with Crippen LogP contribution < -0.4 is 4.73 Å². The number of pyridine rings is 1. The molecule has 0 amide bonds. The minimum absolute atomic E-state index is 1.02. The van der Waals surface area contributed by atoms with Crippen LogP contribution in [0, 0.1) is 13.8 Å². The van der Waals surface area contributed by atoms with E-state index in [0.29, 0.717) is 0 Å². The summed E-state index contributed by atoms with van der Waals surface area (Å²) in [6.07, 6.45) is 6.90. The van der Waals surface area contributed by atoms with Gasteiger partial charge in [0.25, 0.3) is 0 Å². The number of aryl methyl sites for hydroxylation is 3. The molecule has 2 heterocycles. The highest BCUT2D eigenvalue weighted by molar-refractivity contribution is 5.02. The Morgan fingerprint density at radius 2 is 1.87 bits per heavy atom. The van der Waals surface area contributed by atoms with Gasteiger partial charge in [-0.2, -0.15) is 0 Å². The predicted molar refractivity (Wildman–Crippen MR) is 56.5 cm³/mol. The molecule has 2 rings (SSSR count). The van der Waals surface area contributed by atoms with Crippen LogP contribution in [0.15, 0.2) is 36.9 Å². The molecule has 4 heteroatoms. The lowest BCUT2D eigenvalue weighted by Crippen LogP contribution is -2.27. The number of hydrogen-bond acceptors (Lipinski definition) is 2. The van der Waals surface area contributed by atoms with Gasteiger partial charge < -0.3 is 4.57 Å². The molecule has 0 aromatic carbocycles. The second-order valence-corrected chi connectivity index (χ2v) is 3.34. The average molecular weight is 206 g/mol. The zero-order chi connectivity index (χ0) is 11.3. The SMILES string of the molecule is Cc1cc[n+](O)cc1.Cc1nccn1C. The summed E-state index contributed by atoms with van der Waals surface area (Å²) >= 11 is 0. The van der Waals surface area contributed by atoms with Gasteiger partial charge in [-0.15, -0.1) is 0 Å². The maximum Gasteiger partial charge on any atom is 0.222 e. The molecule has 80 valence electrons. The molecule has 0 aliphatic heterocycles. The van der Waals surface area contributed by atoms with Crippen molar-refractivity contribution in [2.75, 3.05) is 0 Å². The Balaban J connectivity index is 0.000000151. The average Bonchev–Trinajstić information content (AvgIpc) is 2.57. The summed E-state index contributed by atoms with van der Waals surface area (Å²) in [6.45, 7) is 3.94. The maximum atomic E-state index is 8.67. The van der Waals surface area contributed by atoms with Crippen LogP contribution in [0.3, 0.4) is 0 Å². The topological polar surface area (TPSA) is 41.9 Å². The van der Waals surface area contributed by atoms with Crippen molar-refractivity contribution in [2.24, 2.45) is 7.05 Å². The first-order chi connectivity index (χ1) is 7.09. The predicted octanol–water partition coefficient (Wildman–Crippen LogP) is 1.25. The number of rotatable bonds is 0. The molecule has 0 atom stereocenters. The van der Waals surface area contributed by atoms with Crippen molar-refractivity contribution in [3.05, 3.63) is 48.3 Å².